The normalized spacial score (nSPS) is 10.6. The van der Waals surface area contributed by atoms with Gasteiger partial charge in [-0.2, -0.15) is 0 Å². The number of allylic oxidation sites excluding steroid dienone is 1. The van der Waals surface area contributed by atoms with Gasteiger partial charge in [-0.05, 0) is 38.5 Å². The molecule has 0 radical (unpaired) electrons. The lowest BCUT2D eigenvalue weighted by atomic mass is 10.2. The van der Waals surface area contributed by atoms with Crippen molar-refractivity contribution in [2.24, 2.45) is 0 Å². The molecule has 33 heavy (non-hydrogen) atoms. The molecule has 0 aliphatic heterocycles. The summed E-state index contributed by atoms with van der Waals surface area (Å²) in [4.78, 5) is 25.6. The zero-order valence-corrected chi connectivity index (χ0v) is 20.4. The Labute approximate surface area is 201 Å². The molecule has 0 saturated heterocycles. The van der Waals surface area contributed by atoms with Crippen molar-refractivity contribution in [3.63, 3.8) is 0 Å². The molecule has 2 aromatic heterocycles. The number of thiophene rings is 1. The molecule has 0 atom stereocenters. The Balaban J connectivity index is 1.64. The van der Waals surface area contributed by atoms with Crippen LogP contribution in [0.25, 0.3) is 0 Å². The number of ether oxygens (including phenoxy) is 2. The van der Waals surface area contributed by atoms with Crippen molar-refractivity contribution in [3.05, 3.63) is 64.8 Å². The topological polar surface area (TPSA) is 95.3 Å². The van der Waals surface area contributed by atoms with Gasteiger partial charge in [0.05, 0.1) is 17.9 Å². The van der Waals surface area contributed by atoms with E-state index in [0.29, 0.717) is 28.1 Å². The molecule has 0 aliphatic rings. The summed E-state index contributed by atoms with van der Waals surface area (Å²) in [6, 6.07) is 9.47. The summed E-state index contributed by atoms with van der Waals surface area (Å²) in [5.41, 5.74) is 1.40. The number of esters is 1. The van der Waals surface area contributed by atoms with Crippen molar-refractivity contribution in [1.29, 1.82) is 0 Å². The average Bonchev–Trinajstić information content (AvgIpc) is 3.35. The second-order valence-electron chi connectivity index (χ2n) is 7.01. The maximum atomic E-state index is 12.6. The van der Waals surface area contributed by atoms with Crippen LogP contribution >= 0.6 is 23.1 Å². The summed E-state index contributed by atoms with van der Waals surface area (Å²) in [7, 11) is 0. The Hall–Kier alpha value is -3.11. The molecular weight excluding hydrogens is 460 g/mol. The number of aromatic nitrogens is 3. The fraction of sp³-hybridized carbons (Fsp3) is 0.304. The van der Waals surface area contributed by atoms with Gasteiger partial charge in [-0.25, -0.2) is 4.79 Å². The van der Waals surface area contributed by atoms with Crippen molar-refractivity contribution in [2.45, 2.75) is 39.1 Å². The van der Waals surface area contributed by atoms with Crippen molar-refractivity contribution in [3.8, 4) is 5.75 Å². The number of para-hydroxylation sites is 1. The number of hydrogen-bond acceptors (Lipinski definition) is 8. The van der Waals surface area contributed by atoms with E-state index in [1.165, 1.54) is 23.1 Å². The van der Waals surface area contributed by atoms with Gasteiger partial charge in [0, 0.05) is 11.4 Å². The summed E-state index contributed by atoms with van der Waals surface area (Å²) in [5, 5.41) is 12.3. The third kappa shape index (κ3) is 6.45. The van der Waals surface area contributed by atoms with E-state index in [1.807, 2.05) is 42.7 Å². The molecule has 174 valence electrons. The minimum absolute atomic E-state index is 0.104. The summed E-state index contributed by atoms with van der Waals surface area (Å²) in [6.07, 6.45) is 1.74. The van der Waals surface area contributed by atoms with Crippen LogP contribution < -0.4 is 10.1 Å². The van der Waals surface area contributed by atoms with Gasteiger partial charge in [-0.3, -0.25) is 9.36 Å². The Bertz CT molecular complexity index is 1140. The van der Waals surface area contributed by atoms with Gasteiger partial charge in [0.15, 0.2) is 11.0 Å². The zero-order valence-electron chi connectivity index (χ0n) is 18.8. The molecule has 0 bridgehead atoms. The van der Waals surface area contributed by atoms with Crippen LogP contribution in [0.4, 0.5) is 5.00 Å². The first-order chi connectivity index (χ1) is 15.9. The van der Waals surface area contributed by atoms with E-state index in [2.05, 4.69) is 22.1 Å². The second kappa shape index (κ2) is 11.7. The molecule has 10 heteroatoms. The molecule has 0 spiro atoms. The first-order valence-electron chi connectivity index (χ1n) is 10.3. The number of hydrogen-bond donors (Lipinski definition) is 1. The van der Waals surface area contributed by atoms with E-state index in [0.717, 1.165) is 16.2 Å². The Morgan fingerprint density at radius 1 is 1.27 bits per heavy atom. The number of rotatable bonds is 11. The average molecular weight is 487 g/mol. The van der Waals surface area contributed by atoms with Crippen molar-refractivity contribution < 1.29 is 19.1 Å². The highest BCUT2D eigenvalue weighted by Crippen LogP contribution is 2.29. The molecule has 0 aliphatic carbocycles. The molecule has 1 aromatic carbocycles. The molecule has 0 saturated carbocycles. The summed E-state index contributed by atoms with van der Waals surface area (Å²) in [6.45, 7) is 10.4. The molecule has 1 N–H and O–H groups in total. The minimum atomic E-state index is -0.450. The number of thioether (sulfide) groups is 1. The smallest absolute Gasteiger partial charge is 0.341 e. The fourth-order valence-electron chi connectivity index (χ4n) is 2.97. The van der Waals surface area contributed by atoms with Crippen LogP contribution in [0.5, 0.6) is 5.75 Å². The highest BCUT2D eigenvalue weighted by Gasteiger charge is 2.19. The van der Waals surface area contributed by atoms with Crippen molar-refractivity contribution >= 4 is 40.0 Å². The van der Waals surface area contributed by atoms with Gasteiger partial charge in [0.2, 0.25) is 5.91 Å². The van der Waals surface area contributed by atoms with E-state index < -0.39 is 5.97 Å². The number of nitrogens with one attached hydrogen (secondary N) is 1. The largest absolute Gasteiger partial charge is 0.485 e. The zero-order chi connectivity index (χ0) is 23.8. The van der Waals surface area contributed by atoms with Crippen LogP contribution in [-0.4, -0.2) is 39.0 Å². The van der Waals surface area contributed by atoms with Crippen LogP contribution in [0.1, 0.15) is 33.5 Å². The predicted octanol–water partition coefficient (Wildman–Crippen LogP) is 4.63. The minimum Gasteiger partial charge on any atom is -0.485 e. The fourth-order valence-corrected chi connectivity index (χ4v) is 4.65. The Morgan fingerprint density at radius 3 is 2.79 bits per heavy atom. The van der Waals surface area contributed by atoms with Gasteiger partial charge >= 0.3 is 5.97 Å². The van der Waals surface area contributed by atoms with Crippen molar-refractivity contribution in [1.82, 2.24) is 14.8 Å². The van der Waals surface area contributed by atoms with Crippen molar-refractivity contribution in [2.75, 3.05) is 17.7 Å². The number of carbonyl (C=O) groups is 2. The maximum absolute atomic E-state index is 12.6. The van der Waals surface area contributed by atoms with Crippen LogP contribution in [0.3, 0.4) is 0 Å². The SMILES string of the molecule is C=CCn1c(COc2ccccc2C)nnc1SCC(=O)Nc1sc(C)cc1C(=O)OCC. The van der Waals surface area contributed by atoms with Gasteiger partial charge in [0.25, 0.3) is 0 Å². The summed E-state index contributed by atoms with van der Waals surface area (Å²) >= 11 is 2.59. The molecule has 8 nitrogen and oxygen atoms in total. The summed E-state index contributed by atoms with van der Waals surface area (Å²) in [5.74, 6) is 0.821. The molecule has 0 fully saturated rings. The number of nitrogens with zero attached hydrogens (tertiary/aromatic N) is 3. The molecule has 1 amide bonds. The molecular formula is C23H26N4O4S2. The third-order valence-corrected chi connectivity index (χ3v) is 6.42. The predicted molar refractivity (Wildman–Crippen MR) is 130 cm³/mol. The van der Waals surface area contributed by atoms with Crippen LogP contribution in [0, 0.1) is 13.8 Å². The number of anilines is 1. The van der Waals surface area contributed by atoms with Gasteiger partial charge in [-0.1, -0.05) is 36.0 Å². The maximum Gasteiger partial charge on any atom is 0.341 e. The highest BCUT2D eigenvalue weighted by atomic mass is 32.2. The lowest BCUT2D eigenvalue weighted by Crippen LogP contribution is -2.16. The van der Waals surface area contributed by atoms with E-state index in [1.54, 1.807) is 19.1 Å². The first kappa shape index (κ1) is 24.5. The Morgan fingerprint density at radius 2 is 2.06 bits per heavy atom. The monoisotopic (exact) mass is 486 g/mol. The lowest BCUT2D eigenvalue weighted by Gasteiger charge is -2.10. The van der Waals surface area contributed by atoms with E-state index in [-0.39, 0.29) is 24.9 Å². The lowest BCUT2D eigenvalue weighted by molar-refractivity contribution is -0.113. The van der Waals surface area contributed by atoms with Crippen LogP contribution in [0.15, 0.2) is 48.1 Å². The molecule has 3 aromatic rings. The van der Waals surface area contributed by atoms with Gasteiger partial charge in [-0.15, -0.1) is 28.1 Å². The highest BCUT2D eigenvalue weighted by molar-refractivity contribution is 7.99. The van der Waals surface area contributed by atoms with E-state index >= 15 is 0 Å². The van der Waals surface area contributed by atoms with Crippen LogP contribution in [0.2, 0.25) is 0 Å². The van der Waals surface area contributed by atoms with Gasteiger partial charge in [0.1, 0.15) is 17.4 Å². The standard InChI is InChI=1S/C23H26N4O4S2/c1-5-11-27-19(13-31-18-10-8-7-9-15(18)3)25-26-23(27)32-14-20(28)24-21-17(12-16(4)33-21)22(29)30-6-2/h5,7-10,12H,1,6,11,13-14H2,2-4H3,(H,24,28). The number of aryl methyl sites for hydroxylation is 2. The number of carbonyl (C=O) groups excluding carboxylic acids is 2. The first-order valence-corrected chi connectivity index (χ1v) is 12.1. The number of amides is 1. The molecule has 3 rings (SSSR count). The third-order valence-electron chi connectivity index (χ3n) is 4.49. The Kier molecular flexibility index (Phi) is 8.67. The molecule has 2 heterocycles. The van der Waals surface area contributed by atoms with Gasteiger partial charge < -0.3 is 14.8 Å². The van der Waals surface area contributed by atoms with E-state index in [9.17, 15) is 9.59 Å². The molecule has 0 unspecified atom stereocenters. The summed E-state index contributed by atoms with van der Waals surface area (Å²) < 4.78 is 12.8. The van der Waals surface area contributed by atoms with Crippen LogP contribution in [-0.2, 0) is 22.7 Å². The number of benzene rings is 1. The van der Waals surface area contributed by atoms with E-state index in [4.69, 9.17) is 9.47 Å². The quantitative estimate of drug-likeness (QED) is 0.240. The second-order valence-corrected chi connectivity index (χ2v) is 9.21.